The number of hydrogen-bond acceptors (Lipinski definition) is 6. The number of aryl methyl sites for hydroxylation is 1. The maximum absolute atomic E-state index is 15.0. The summed E-state index contributed by atoms with van der Waals surface area (Å²) < 4.78 is 23.7. The average Bonchev–Trinajstić information content (AvgIpc) is 3.59. The van der Waals surface area contributed by atoms with E-state index in [1.807, 2.05) is 6.92 Å². The summed E-state index contributed by atoms with van der Waals surface area (Å²) in [5, 5.41) is 7.47. The number of anilines is 1. The van der Waals surface area contributed by atoms with E-state index in [0.29, 0.717) is 42.2 Å². The molecule has 1 aromatic carbocycles. The Morgan fingerprint density at radius 3 is 2.84 bits per heavy atom. The van der Waals surface area contributed by atoms with Crippen molar-refractivity contribution in [2.75, 3.05) is 32.2 Å². The van der Waals surface area contributed by atoms with Gasteiger partial charge in [-0.25, -0.2) is 9.37 Å². The molecule has 0 unspecified atom stereocenters. The molecule has 4 rings (SSSR count). The van der Waals surface area contributed by atoms with Crippen molar-refractivity contribution in [3.63, 3.8) is 0 Å². The summed E-state index contributed by atoms with van der Waals surface area (Å²) in [7, 11) is 1.71. The first kappa shape index (κ1) is 26.4. The molecule has 1 saturated heterocycles. The van der Waals surface area contributed by atoms with Crippen LogP contribution >= 0.6 is 11.6 Å². The molecule has 3 aromatic rings. The fourth-order valence-corrected chi connectivity index (χ4v) is 7.56. The molecule has 0 spiro atoms. The number of imidazole rings is 1. The lowest BCUT2D eigenvalue weighted by molar-refractivity contribution is -0.127. The number of nitrogens with one attached hydrogen (secondary N) is 1. The first-order valence-electron chi connectivity index (χ1n) is 11.5. The maximum atomic E-state index is 15.0. The number of methoxy groups -OCH3 is 1. The molecule has 1 aliphatic rings. The number of carbonyl (C=O) groups excluding carboxylic acids is 2. The van der Waals surface area contributed by atoms with E-state index in [4.69, 9.17) is 22.1 Å². The molecular weight excluding hydrogens is 517 g/mol. The Labute approximate surface area is 219 Å². The number of aromatic nitrogens is 4. The number of rotatable bonds is 7. The molecule has 37 heavy (non-hydrogen) atoms. The van der Waals surface area contributed by atoms with Crippen LogP contribution in [0, 0.1) is 17.7 Å². The van der Waals surface area contributed by atoms with Crippen LogP contribution in [0.3, 0.4) is 0 Å². The smallest absolute Gasteiger partial charge is 0.255 e. The van der Waals surface area contributed by atoms with Crippen molar-refractivity contribution in [3.8, 4) is 11.8 Å². The van der Waals surface area contributed by atoms with E-state index in [9.17, 15) is 9.59 Å². The standard InChI is InChI=1S/C24H26ClFN7O3Si/c1-5-18(34)32-13-37(11-15(32)10-36-4)33-24(28-3)19(23(27)35)16(30-33)8-7-14-9-17-22(21(26)20(14)25)31(6-2)12-29-17/h5,9,12,15,28H,1,6,10-11,13H2,2-4H3,(H2,27,35)/t15-/m0/s1. The molecule has 10 nitrogen and oxygen atoms in total. The van der Waals surface area contributed by atoms with Crippen LogP contribution in [0.15, 0.2) is 25.0 Å². The average molecular weight is 543 g/mol. The molecule has 2 aromatic heterocycles. The Kier molecular flexibility index (Phi) is 7.67. The van der Waals surface area contributed by atoms with Crippen molar-refractivity contribution in [1.82, 2.24) is 23.9 Å². The van der Waals surface area contributed by atoms with Gasteiger partial charge in [0.15, 0.2) is 5.82 Å². The van der Waals surface area contributed by atoms with Gasteiger partial charge in [0, 0.05) is 32.4 Å². The van der Waals surface area contributed by atoms with Gasteiger partial charge in [0.1, 0.15) is 22.6 Å². The lowest BCUT2D eigenvalue weighted by Gasteiger charge is -2.22. The Balaban J connectivity index is 1.78. The van der Waals surface area contributed by atoms with Gasteiger partial charge < -0.3 is 25.3 Å². The summed E-state index contributed by atoms with van der Waals surface area (Å²) in [6.07, 6.45) is 3.24. The lowest BCUT2D eigenvalue weighted by atomic mass is 10.1. The zero-order valence-corrected chi connectivity index (χ0v) is 22.4. The van der Waals surface area contributed by atoms with E-state index in [2.05, 4.69) is 33.8 Å². The van der Waals surface area contributed by atoms with Crippen LogP contribution in [0.2, 0.25) is 11.1 Å². The quantitative estimate of drug-likeness (QED) is 0.268. The van der Waals surface area contributed by atoms with E-state index in [1.54, 1.807) is 34.0 Å². The summed E-state index contributed by atoms with van der Waals surface area (Å²) in [5.41, 5.74) is 6.86. The maximum Gasteiger partial charge on any atom is 0.255 e. The molecule has 1 aliphatic heterocycles. The first-order chi connectivity index (χ1) is 17.7. The number of fused-ring (bicyclic) bond motifs is 1. The van der Waals surface area contributed by atoms with Crippen molar-refractivity contribution >= 4 is 49.2 Å². The molecule has 13 heteroatoms. The molecule has 3 heterocycles. The number of nitrogens with two attached hydrogens (primary N) is 1. The predicted molar refractivity (Wildman–Crippen MR) is 140 cm³/mol. The zero-order valence-electron chi connectivity index (χ0n) is 20.6. The molecule has 193 valence electrons. The fourth-order valence-electron chi connectivity index (χ4n) is 4.46. The largest absolute Gasteiger partial charge is 0.383 e. The normalized spacial score (nSPS) is 15.6. The Morgan fingerprint density at radius 2 is 2.22 bits per heavy atom. The first-order valence-corrected chi connectivity index (χ1v) is 13.7. The molecular formula is C24H26ClFN7O3Si. The fraction of sp³-hybridized carbons (Fsp3) is 0.333. The lowest BCUT2D eigenvalue weighted by Crippen LogP contribution is -2.38. The highest BCUT2D eigenvalue weighted by Gasteiger charge is 2.39. The number of halogens is 2. The van der Waals surface area contributed by atoms with Gasteiger partial charge in [-0.2, -0.15) is 5.10 Å². The Morgan fingerprint density at radius 1 is 1.46 bits per heavy atom. The van der Waals surface area contributed by atoms with Crippen LogP contribution in [0.25, 0.3) is 11.0 Å². The van der Waals surface area contributed by atoms with Crippen molar-refractivity contribution < 1.29 is 18.7 Å². The molecule has 1 radical (unpaired) electrons. The monoisotopic (exact) mass is 542 g/mol. The molecule has 0 saturated carbocycles. The van der Waals surface area contributed by atoms with Gasteiger partial charge in [-0.1, -0.05) is 24.1 Å². The molecule has 1 atom stereocenters. The third-order valence-electron chi connectivity index (χ3n) is 6.19. The van der Waals surface area contributed by atoms with Gasteiger partial charge >= 0.3 is 0 Å². The Bertz CT molecular complexity index is 1460. The number of nitrogens with zero attached hydrogens (tertiary/aromatic N) is 5. The summed E-state index contributed by atoms with van der Waals surface area (Å²) in [4.78, 5) is 30.8. The summed E-state index contributed by atoms with van der Waals surface area (Å²) in [5.74, 6) is 4.55. The van der Waals surface area contributed by atoms with E-state index < -0.39 is 20.7 Å². The molecule has 3 N–H and O–H groups in total. The van der Waals surface area contributed by atoms with E-state index in [1.165, 1.54) is 12.4 Å². The van der Waals surface area contributed by atoms with Gasteiger partial charge in [-0.3, -0.25) is 13.9 Å². The minimum absolute atomic E-state index is 0.109. The topological polar surface area (TPSA) is 120 Å². The number of amides is 2. The zero-order chi connectivity index (χ0) is 26.9. The highest BCUT2D eigenvalue weighted by molar-refractivity contribution is 6.59. The summed E-state index contributed by atoms with van der Waals surface area (Å²) in [6.45, 7) is 6.36. The van der Waals surface area contributed by atoms with Gasteiger partial charge in [-0.05, 0) is 31.0 Å². The van der Waals surface area contributed by atoms with Crippen molar-refractivity contribution in [2.24, 2.45) is 5.73 Å². The van der Waals surface area contributed by atoms with Crippen LogP contribution in [0.4, 0.5) is 10.2 Å². The van der Waals surface area contributed by atoms with E-state index in [0.717, 1.165) is 0 Å². The van der Waals surface area contributed by atoms with Crippen LogP contribution in [-0.4, -0.2) is 77.6 Å². The van der Waals surface area contributed by atoms with Crippen LogP contribution in [-0.2, 0) is 16.1 Å². The van der Waals surface area contributed by atoms with Crippen LogP contribution < -0.4 is 11.1 Å². The highest BCUT2D eigenvalue weighted by atomic mass is 35.5. The van der Waals surface area contributed by atoms with Gasteiger partial charge in [0.05, 0.1) is 29.5 Å². The molecule has 0 bridgehead atoms. The third-order valence-corrected chi connectivity index (χ3v) is 9.13. The highest BCUT2D eigenvalue weighted by Crippen LogP contribution is 2.29. The molecule has 2 amide bonds. The number of primary amides is 1. The Hall–Kier alpha value is -3.66. The number of ether oxygens (including phenoxy) is 1. The van der Waals surface area contributed by atoms with Crippen molar-refractivity contribution in [1.29, 1.82) is 0 Å². The second-order valence-corrected chi connectivity index (χ2v) is 11.0. The SMILES string of the molecule is C=CC(=O)N1C[Si](n2nc(C#Cc3cc4ncn(CC)c4c(F)c3Cl)c(C(N)=O)c2NC)C[C@@H]1COC. The van der Waals surface area contributed by atoms with Gasteiger partial charge in [0.25, 0.3) is 5.91 Å². The third kappa shape index (κ3) is 4.73. The van der Waals surface area contributed by atoms with Gasteiger partial charge in [-0.15, -0.1) is 0 Å². The van der Waals surface area contributed by atoms with Crippen molar-refractivity contribution in [3.05, 3.63) is 52.7 Å². The summed E-state index contributed by atoms with van der Waals surface area (Å²) in [6, 6.07) is 2.08. The second-order valence-electron chi connectivity index (χ2n) is 8.35. The van der Waals surface area contributed by atoms with E-state index >= 15 is 4.39 Å². The molecule has 0 aliphatic carbocycles. The number of benzene rings is 1. The summed E-state index contributed by atoms with van der Waals surface area (Å²) >= 11 is 6.30. The van der Waals surface area contributed by atoms with Crippen LogP contribution in [0.5, 0.6) is 0 Å². The van der Waals surface area contributed by atoms with E-state index in [-0.39, 0.29) is 33.8 Å². The molecule has 1 fully saturated rings. The predicted octanol–water partition coefficient (Wildman–Crippen LogP) is 2.01. The minimum Gasteiger partial charge on any atom is -0.383 e. The van der Waals surface area contributed by atoms with Gasteiger partial charge in [0.2, 0.25) is 14.9 Å². The van der Waals surface area contributed by atoms with Crippen LogP contribution in [0.1, 0.15) is 28.5 Å². The number of carbonyl (C=O) groups is 2. The second kappa shape index (κ2) is 10.8. The number of hydrogen-bond donors (Lipinski definition) is 2. The van der Waals surface area contributed by atoms with Crippen molar-refractivity contribution in [2.45, 2.75) is 25.6 Å². The minimum atomic E-state index is -1.52.